The van der Waals surface area contributed by atoms with E-state index in [1.54, 1.807) is 0 Å². The molecule has 0 radical (unpaired) electrons. The first kappa shape index (κ1) is 12.6. The molecule has 2 rings (SSSR count). The molecule has 1 aliphatic heterocycles. The normalized spacial score (nSPS) is 23.5. The van der Waals surface area contributed by atoms with Crippen molar-refractivity contribution < 1.29 is 8.42 Å². The van der Waals surface area contributed by atoms with Gasteiger partial charge in [-0.3, -0.25) is 0 Å². The van der Waals surface area contributed by atoms with Crippen LogP contribution in [0, 0.1) is 13.8 Å². The summed E-state index contributed by atoms with van der Waals surface area (Å²) < 4.78 is 23.8. The zero-order valence-corrected chi connectivity index (χ0v) is 11.2. The van der Waals surface area contributed by atoms with Crippen molar-refractivity contribution in [1.82, 2.24) is 5.32 Å². The van der Waals surface area contributed by atoms with Crippen LogP contribution in [0.25, 0.3) is 0 Å². The lowest BCUT2D eigenvalue weighted by Gasteiger charge is -2.23. The summed E-state index contributed by atoms with van der Waals surface area (Å²) >= 11 is 0. The minimum absolute atomic E-state index is 0.265. The molecule has 0 amide bonds. The van der Waals surface area contributed by atoms with E-state index in [-0.39, 0.29) is 11.0 Å². The maximum absolute atomic E-state index is 11.9. The average molecular weight is 253 g/mol. The van der Waals surface area contributed by atoms with Crippen LogP contribution in [-0.2, 0) is 16.3 Å². The number of nitrogens with one attached hydrogen (secondary N) is 1. The van der Waals surface area contributed by atoms with Gasteiger partial charge in [0.15, 0.2) is 9.84 Å². The predicted molar refractivity (Wildman–Crippen MR) is 70.1 cm³/mol. The monoisotopic (exact) mass is 253 g/mol. The fourth-order valence-corrected chi connectivity index (χ4v) is 3.74. The highest BCUT2D eigenvalue weighted by molar-refractivity contribution is 7.92. The van der Waals surface area contributed by atoms with Crippen LogP contribution in [0.15, 0.2) is 18.2 Å². The highest BCUT2D eigenvalue weighted by atomic mass is 32.2. The van der Waals surface area contributed by atoms with Crippen molar-refractivity contribution in [2.45, 2.75) is 25.5 Å². The van der Waals surface area contributed by atoms with Crippen molar-refractivity contribution in [3.63, 3.8) is 0 Å². The van der Waals surface area contributed by atoms with E-state index >= 15 is 0 Å². The topological polar surface area (TPSA) is 46.2 Å². The fourth-order valence-electron chi connectivity index (χ4n) is 2.16. The van der Waals surface area contributed by atoms with E-state index in [2.05, 4.69) is 31.3 Å². The largest absolute Gasteiger partial charge is 0.314 e. The van der Waals surface area contributed by atoms with E-state index in [1.807, 2.05) is 6.07 Å². The quantitative estimate of drug-likeness (QED) is 0.862. The first-order valence-corrected chi connectivity index (χ1v) is 7.69. The van der Waals surface area contributed by atoms with Crippen LogP contribution in [0.4, 0.5) is 0 Å². The van der Waals surface area contributed by atoms with Gasteiger partial charge in [0.05, 0.1) is 11.0 Å². The molecule has 1 aliphatic rings. The van der Waals surface area contributed by atoms with Gasteiger partial charge in [0.2, 0.25) is 0 Å². The molecule has 1 N–H and O–H groups in total. The molecule has 94 valence electrons. The lowest BCUT2D eigenvalue weighted by atomic mass is 10.0. The molecular weight excluding hydrogens is 234 g/mol. The Kier molecular flexibility index (Phi) is 3.54. The first-order valence-electron chi connectivity index (χ1n) is 5.97. The number of rotatable bonds is 2. The van der Waals surface area contributed by atoms with E-state index in [1.165, 1.54) is 11.1 Å². The molecule has 1 aromatic rings. The van der Waals surface area contributed by atoms with Crippen LogP contribution in [-0.4, -0.2) is 32.5 Å². The van der Waals surface area contributed by atoms with E-state index in [9.17, 15) is 8.42 Å². The minimum Gasteiger partial charge on any atom is -0.314 e. The SMILES string of the molecule is Cc1ccc(CC2CNCCS2(=O)=O)cc1C. The molecule has 1 heterocycles. The Balaban J connectivity index is 2.17. The van der Waals surface area contributed by atoms with Gasteiger partial charge < -0.3 is 5.32 Å². The van der Waals surface area contributed by atoms with Gasteiger partial charge in [-0.15, -0.1) is 0 Å². The molecule has 1 atom stereocenters. The molecule has 1 unspecified atom stereocenters. The average Bonchev–Trinajstić information content (AvgIpc) is 2.26. The Bertz CT molecular complexity index is 508. The van der Waals surface area contributed by atoms with Gasteiger partial charge in [-0.25, -0.2) is 8.42 Å². The summed E-state index contributed by atoms with van der Waals surface area (Å²) in [5.74, 6) is 0.266. The molecule has 1 aromatic carbocycles. The summed E-state index contributed by atoms with van der Waals surface area (Å²) in [6, 6.07) is 6.19. The Morgan fingerprint density at radius 1 is 1.29 bits per heavy atom. The molecule has 1 fully saturated rings. The maximum Gasteiger partial charge on any atom is 0.155 e. The maximum atomic E-state index is 11.9. The third-order valence-corrected chi connectivity index (χ3v) is 5.60. The van der Waals surface area contributed by atoms with Crippen molar-refractivity contribution in [1.29, 1.82) is 0 Å². The molecule has 0 aliphatic carbocycles. The highest BCUT2D eigenvalue weighted by Gasteiger charge is 2.28. The standard InChI is InChI=1S/C13H19NO2S/c1-10-3-4-12(7-11(10)2)8-13-9-14-5-6-17(13,15)16/h3-4,7,13-14H,5-6,8-9H2,1-2H3. The second kappa shape index (κ2) is 4.78. The van der Waals surface area contributed by atoms with Gasteiger partial charge in [-0.05, 0) is 37.0 Å². The van der Waals surface area contributed by atoms with Crippen molar-refractivity contribution >= 4 is 9.84 Å². The zero-order chi connectivity index (χ0) is 12.5. The minimum atomic E-state index is -2.91. The summed E-state index contributed by atoms with van der Waals surface area (Å²) in [5.41, 5.74) is 3.59. The molecule has 0 aromatic heterocycles. The molecular formula is C13H19NO2S. The van der Waals surface area contributed by atoms with Crippen molar-refractivity contribution in [3.05, 3.63) is 34.9 Å². The van der Waals surface area contributed by atoms with E-state index in [0.717, 1.165) is 5.56 Å². The second-order valence-electron chi connectivity index (χ2n) is 4.82. The third kappa shape index (κ3) is 2.87. The predicted octanol–water partition coefficient (Wildman–Crippen LogP) is 1.23. The third-order valence-electron chi connectivity index (χ3n) is 3.48. The second-order valence-corrected chi connectivity index (χ2v) is 7.22. The van der Waals surface area contributed by atoms with Crippen LogP contribution < -0.4 is 5.32 Å². The Labute approximate surface area is 103 Å². The van der Waals surface area contributed by atoms with Crippen LogP contribution in [0.5, 0.6) is 0 Å². The number of hydrogen-bond acceptors (Lipinski definition) is 3. The molecule has 4 heteroatoms. The summed E-state index contributed by atoms with van der Waals surface area (Å²) in [7, 11) is -2.91. The summed E-state index contributed by atoms with van der Waals surface area (Å²) in [5, 5.41) is 2.89. The van der Waals surface area contributed by atoms with Crippen molar-refractivity contribution in [3.8, 4) is 0 Å². The van der Waals surface area contributed by atoms with Gasteiger partial charge >= 0.3 is 0 Å². The van der Waals surface area contributed by atoms with E-state index in [0.29, 0.717) is 19.5 Å². The molecule has 0 bridgehead atoms. The molecule has 0 saturated carbocycles. The lowest BCUT2D eigenvalue weighted by Crippen LogP contribution is -2.44. The Morgan fingerprint density at radius 2 is 2.06 bits per heavy atom. The summed E-state index contributed by atoms with van der Waals surface area (Å²) in [6.45, 7) is 5.30. The van der Waals surface area contributed by atoms with Gasteiger partial charge in [-0.2, -0.15) is 0 Å². The highest BCUT2D eigenvalue weighted by Crippen LogP contribution is 2.16. The van der Waals surface area contributed by atoms with Gasteiger partial charge in [0.25, 0.3) is 0 Å². The van der Waals surface area contributed by atoms with E-state index in [4.69, 9.17) is 0 Å². The molecule has 17 heavy (non-hydrogen) atoms. The molecule has 0 spiro atoms. The molecule has 3 nitrogen and oxygen atoms in total. The van der Waals surface area contributed by atoms with Gasteiger partial charge in [-0.1, -0.05) is 18.2 Å². The number of aryl methyl sites for hydroxylation is 2. The lowest BCUT2D eigenvalue weighted by molar-refractivity contribution is 0.544. The zero-order valence-electron chi connectivity index (χ0n) is 10.4. The van der Waals surface area contributed by atoms with Gasteiger partial charge in [0.1, 0.15) is 0 Å². The number of benzene rings is 1. The van der Waals surface area contributed by atoms with Crippen LogP contribution in [0.3, 0.4) is 0 Å². The van der Waals surface area contributed by atoms with Crippen molar-refractivity contribution in [2.24, 2.45) is 0 Å². The smallest absolute Gasteiger partial charge is 0.155 e. The van der Waals surface area contributed by atoms with E-state index < -0.39 is 9.84 Å². The Morgan fingerprint density at radius 3 is 2.71 bits per heavy atom. The van der Waals surface area contributed by atoms with Gasteiger partial charge in [0, 0.05) is 13.1 Å². The molecule has 1 saturated heterocycles. The van der Waals surface area contributed by atoms with Crippen LogP contribution >= 0.6 is 0 Å². The van der Waals surface area contributed by atoms with Crippen LogP contribution in [0.2, 0.25) is 0 Å². The first-order chi connectivity index (χ1) is 7.99. The van der Waals surface area contributed by atoms with Crippen LogP contribution in [0.1, 0.15) is 16.7 Å². The fraction of sp³-hybridized carbons (Fsp3) is 0.538. The summed E-state index contributed by atoms with van der Waals surface area (Å²) in [6.07, 6.45) is 0.621. The number of sulfone groups is 1. The van der Waals surface area contributed by atoms with Crippen molar-refractivity contribution in [2.75, 3.05) is 18.8 Å². The summed E-state index contributed by atoms with van der Waals surface area (Å²) in [4.78, 5) is 0. The Hall–Kier alpha value is -0.870. The number of hydrogen-bond donors (Lipinski definition) is 1.